The van der Waals surface area contributed by atoms with Crippen molar-refractivity contribution in [2.45, 2.75) is 53.0 Å². The molecule has 0 bridgehead atoms. The molecule has 2 N–H and O–H groups in total. The topological polar surface area (TPSA) is 29.3 Å². The van der Waals surface area contributed by atoms with E-state index in [0.717, 1.165) is 11.8 Å². The highest BCUT2D eigenvalue weighted by atomic mass is 15.1. The molecule has 2 nitrogen and oxygen atoms in total. The molecular formula is C14H30N2. The summed E-state index contributed by atoms with van der Waals surface area (Å²) < 4.78 is 0. The van der Waals surface area contributed by atoms with Crippen LogP contribution in [0.3, 0.4) is 0 Å². The molecule has 1 saturated heterocycles. The van der Waals surface area contributed by atoms with Gasteiger partial charge in [0.2, 0.25) is 0 Å². The number of piperidine rings is 1. The second-order valence-corrected chi connectivity index (χ2v) is 6.28. The van der Waals surface area contributed by atoms with Gasteiger partial charge in [-0.05, 0) is 50.1 Å². The summed E-state index contributed by atoms with van der Waals surface area (Å²) in [5, 5.41) is 0. The fourth-order valence-electron chi connectivity index (χ4n) is 2.58. The van der Waals surface area contributed by atoms with Crippen LogP contribution >= 0.6 is 0 Å². The highest BCUT2D eigenvalue weighted by Gasteiger charge is 2.22. The van der Waals surface area contributed by atoms with Crippen LogP contribution in [0.4, 0.5) is 0 Å². The van der Waals surface area contributed by atoms with Crippen LogP contribution in [0.25, 0.3) is 0 Å². The van der Waals surface area contributed by atoms with E-state index in [4.69, 9.17) is 5.73 Å². The van der Waals surface area contributed by atoms with Crippen molar-refractivity contribution in [1.82, 2.24) is 4.90 Å². The first-order chi connectivity index (χ1) is 7.49. The summed E-state index contributed by atoms with van der Waals surface area (Å²) in [6, 6.07) is 0.404. The lowest BCUT2D eigenvalue weighted by Crippen LogP contribution is -2.38. The Morgan fingerprint density at radius 3 is 2.12 bits per heavy atom. The molecule has 16 heavy (non-hydrogen) atoms. The Bertz CT molecular complexity index is 181. The van der Waals surface area contributed by atoms with Crippen molar-refractivity contribution < 1.29 is 0 Å². The maximum Gasteiger partial charge on any atom is 0.00645 e. The maximum atomic E-state index is 6.15. The summed E-state index contributed by atoms with van der Waals surface area (Å²) in [6.07, 6.45) is 3.94. The van der Waals surface area contributed by atoms with Crippen molar-refractivity contribution in [3.63, 3.8) is 0 Å². The van der Waals surface area contributed by atoms with E-state index >= 15 is 0 Å². The van der Waals surface area contributed by atoms with Crippen LogP contribution in [-0.4, -0.2) is 30.6 Å². The molecule has 96 valence electrons. The minimum Gasteiger partial charge on any atom is -0.327 e. The molecule has 1 aliphatic rings. The number of rotatable bonds is 5. The summed E-state index contributed by atoms with van der Waals surface area (Å²) in [5.41, 5.74) is 6.15. The zero-order chi connectivity index (χ0) is 12.1. The van der Waals surface area contributed by atoms with Crippen LogP contribution in [0.5, 0.6) is 0 Å². The molecule has 0 aromatic carbocycles. The smallest absolute Gasteiger partial charge is 0.00645 e. The highest BCUT2D eigenvalue weighted by molar-refractivity contribution is 4.77. The predicted octanol–water partition coefficient (Wildman–Crippen LogP) is 2.73. The van der Waals surface area contributed by atoms with Gasteiger partial charge in [0.1, 0.15) is 0 Å². The lowest BCUT2D eigenvalue weighted by Gasteiger charge is -2.34. The molecule has 0 amide bonds. The van der Waals surface area contributed by atoms with Crippen LogP contribution in [0.15, 0.2) is 0 Å². The minimum absolute atomic E-state index is 0.404. The van der Waals surface area contributed by atoms with E-state index in [1.807, 2.05) is 0 Å². The van der Waals surface area contributed by atoms with Crippen LogP contribution in [0.2, 0.25) is 0 Å². The van der Waals surface area contributed by atoms with Crippen molar-refractivity contribution in [1.29, 1.82) is 0 Å². The first kappa shape index (κ1) is 14.0. The Morgan fingerprint density at radius 2 is 1.69 bits per heavy atom. The van der Waals surface area contributed by atoms with Gasteiger partial charge in [0.05, 0.1) is 0 Å². The third-order valence-corrected chi connectivity index (χ3v) is 3.79. The monoisotopic (exact) mass is 226 g/mol. The van der Waals surface area contributed by atoms with Gasteiger partial charge in [-0.1, -0.05) is 27.7 Å². The Morgan fingerprint density at radius 1 is 1.12 bits per heavy atom. The second kappa shape index (κ2) is 6.61. The molecule has 1 fully saturated rings. The quantitative estimate of drug-likeness (QED) is 0.781. The molecule has 1 aliphatic heterocycles. The van der Waals surface area contributed by atoms with Gasteiger partial charge < -0.3 is 10.6 Å². The molecule has 0 saturated carbocycles. The average molecular weight is 226 g/mol. The predicted molar refractivity (Wildman–Crippen MR) is 71.4 cm³/mol. The van der Waals surface area contributed by atoms with E-state index in [-0.39, 0.29) is 0 Å². The van der Waals surface area contributed by atoms with Gasteiger partial charge in [-0.15, -0.1) is 0 Å². The number of nitrogens with two attached hydrogens (primary N) is 1. The number of hydrogen-bond donors (Lipinski definition) is 1. The van der Waals surface area contributed by atoms with E-state index in [0.29, 0.717) is 12.0 Å². The zero-order valence-corrected chi connectivity index (χ0v) is 11.6. The molecule has 0 spiro atoms. The molecule has 1 unspecified atom stereocenters. The second-order valence-electron chi connectivity index (χ2n) is 6.28. The lowest BCUT2D eigenvalue weighted by atomic mass is 9.87. The van der Waals surface area contributed by atoms with Gasteiger partial charge >= 0.3 is 0 Å². The van der Waals surface area contributed by atoms with Crippen molar-refractivity contribution >= 4 is 0 Å². The molecule has 1 heterocycles. The van der Waals surface area contributed by atoms with E-state index < -0.39 is 0 Å². The van der Waals surface area contributed by atoms with Crippen LogP contribution in [0.1, 0.15) is 47.0 Å². The Hall–Kier alpha value is -0.0800. The third-order valence-electron chi connectivity index (χ3n) is 3.79. The summed E-state index contributed by atoms with van der Waals surface area (Å²) in [4.78, 5) is 2.61. The van der Waals surface area contributed by atoms with E-state index in [9.17, 15) is 0 Å². The van der Waals surface area contributed by atoms with Crippen molar-refractivity contribution in [2.24, 2.45) is 23.5 Å². The molecule has 0 radical (unpaired) electrons. The Balaban J connectivity index is 2.21. The minimum atomic E-state index is 0.404. The fraction of sp³-hybridized carbons (Fsp3) is 1.00. The van der Waals surface area contributed by atoms with E-state index in [2.05, 4.69) is 32.6 Å². The molecule has 0 aromatic rings. The van der Waals surface area contributed by atoms with Crippen LogP contribution in [-0.2, 0) is 0 Å². The standard InChI is InChI=1S/C14H30N2/c1-11(2)10-16-7-5-13(6-8-16)9-14(15)12(3)4/h11-14H,5-10,15H2,1-4H3. The third kappa shape index (κ3) is 4.84. The summed E-state index contributed by atoms with van der Waals surface area (Å²) >= 11 is 0. The summed E-state index contributed by atoms with van der Waals surface area (Å²) in [6.45, 7) is 12.9. The first-order valence-corrected chi connectivity index (χ1v) is 6.97. The zero-order valence-electron chi connectivity index (χ0n) is 11.6. The Labute approximate surface area is 102 Å². The number of hydrogen-bond acceptors (Lipinski definition) is 2. The van der Waals surface area contributed by atoms with E-state index in [1.54, 1.807) is 0 Å². The SMILES string of the molecule is CC(C)CN1CCC(CC(N)C(C)C)CC1. The summed E-state index contributed by atoms with van der Waals surface area (Å²) in [7, 11) is 0. The van der Waals surface area contributed by atoms with Gasteiger partial charge in [0.25, 0.3) is 0 Å². The van der Waals surface area contributed by atoms with E-state index in [1.165, 1.54) is 38.9 Å². The maximum absolute atomic E-state index is 6.15. The van der Waals surface area contributed by atoms with Crippen LogP contribution in [0, 0.1) is 17.8 Å². The van der Waals surface area contributed by atoms with Gasteiger partial charge in [0, 0.05) is 12.6 Å². The van der Waals surface area contributed by atoms with Gasteiger partial charge in [-0.2, -0.15) is 0 Å². The van der Waals surface area contributed by atoms with Crippen LogP contribution < -0.4 is 5.73 Å². The lowest BCUT2D eigenvalue weighted by molar-refractivity contribution is 0.156. The highest BCUT2D eigenvalue weighted by Crippen LogP contribution is 2.23. The molecule has 0 aromatic heterocycles. The normalized spacial score (nSPS) is 21.9. The summed E-state index contributed by atoms with van der Waals surface area (Å²) in [5.74, 6) is 2.31. The molecule has 1 atom stereocenters. The Kier molecular flexibility index (Phi) is 5.77. The van der Waals surface area contributed by atoms with Gasteiger partial charge in [-0.25, -0.2) is 0 Å². The van der Waals surface area contributed by atoms with Crippen molar-refractivity contribution in [3.8, 4) is 0 Å². The average Bonchev–Trinajstić information content (AvgIpc) is 2.20. The molecule has 1 rings (SSSR count). The number of nitrogens with zero attached hydrogens (tertiary/aromatic N) is 1. The number of likely N-dealkylation sites (tertiary alicyclic amines) is 1. The fourth-order valence-corrected chi connectivity index (χ4v) is 2.58. The molecule has 0 aliphatic carbocycles. The molecule has 2 heteroatoms. The van der Waals surface area contributed by atoms with Crippen molar-refractivity contribution in [3.05, 3.63) is 0 Å². The van der Waals surface area contributed by atoms with Crippen molar-refractivity contribution in [2.75, 3.05) is 19.6 Å². The molecular weight excluding hydrogens is 196 g/mol. The van der Waals surface area contributed by atoms with Gasteiger partial charge in [-0.3, -0.25) is 0 Å². The first-order valence-electron chi connectivity index (χ1n) is 6.97. The van der Waals surface area contributed by atoms with Gasteiger partial charge in [0.15, 0.2) is 0 Å². The largest absolute Gasteiger partial charge is 0.327 e.